The van der Waals surface area contributed by atoms with Crippen molar-refractivity contribution in [3.05, 3.63) is 65.8 Å². The highest BCUT2D eigenvalue weighted by Crippen LogP contribution is 2.22. The van der Waals surface area contributed by atoms with Gasteiger partial charge in [-0.25, -0.2) is 13.2 Å². The normalized spacial score (nSPS) is 11.7. The number of pyridine rings is 1. The summed E-state index contributed by atoms with van der Waals surface area (Å²) in [6.07, 6.45) is 7.85. The second-order valence-corrected chi connectivity index (χ2v) is 9.06. The van der Waals surface area contributed by atoms with Crippen molar-refractivity contribution in [2.24, 2.45) is 11.8 Å². The molecule has 0 aliphatic heterocycles. The number of ketones is 2. The van der Waals surface area contributed by atoms with Crippen molar-refractivity contribution in [1.29, 1.82) is 0 Å². The number of carbonyl (C=O) groups is 2. The Morgan fingerprint density at radius 3 is 1.67 bits per heavy atom. The van der Waals surface area contributed by atoms with Gasteiger partial charge in [0.2, 0.25) is 0 Å². The van der Waals surface area contributed by atoms with E-state index in [1.54, 1.807) is 25.1 Å². The van der Waals surface area contributed by atoms with Crippen LogP contribution < -0.4 is 0 Å². The van der Waals surface area contributed by atoms with Crippen LogP contribution in [0.1, 0.15) is 94.7 Å². The highest BCUT2D eigenvalue weighted by molar-refractivity contribution is 5.74. The first-order valence-corrected chi connectivity index (χ1v) is 12.3. The lowest BCUT2D eigenvalue weighted by atomic mass is 9.96. The number of rotatable bonds is 6. The first-order chi connectivity index (χ1) is 16.3. The summed E-state index contributed by atoms with van der Waals surface area (Å²) in [6.45, 7) is 25.0. The third-order valence-corrected chi connectivity index (χ3v) is 4.77. The van der Waals surface area contributed by atoms with Gasteiger partial charge in [-0.05, 0) is 71.1 Å². The summed E-state index contributed by atoms with van der Waals surface area (Å²) in [7, 11) is 0. The van der Waals surface area contributed by atoms with Gasteiger partial charge in [0, 0.05) is 19.0 Å². The average Bonchev–Trinajstić information content (AvgIpc) is 2.78. The highest BCUT2D eigenvalue weighted by atomic mass is 19.3. The Balaban J connectivity index is -0.000000188. The topological polar surface area (TPSA) is 47.0 Å². The number of aromatic nitrogens is 1. The third kappa shape index (κ3) is 36.1. The summed E-state index contributed by atoms with van der Waals surface area (Å²) in [5.41, 5.74) is 1.77. The van der Waals surface area contributed by atoms with Crippen molar-refractivity contribution < 1.29 is 22.8 Å². The van der Waals surface area contributed by atoms with Crippen LogP contribution in [0.2, 0.25) is 0 Å². The van der Waals surface area contributed by atoms with Crippen LogP contribution in [0.5, 0.6) is 0 Å². The smallest absolute Gasteiger partial charge is 0.266 e. The number of hydrogen-bond acceptors (Lipinski definition) is 3. The Labute approximate surface area is 219 Å². The zero-order valence-corrected chi connectivity index (χ0v) is 24.6. The molecule has 0 fully saturated rings. The lowest BCUT2D eigenvalue weighted by Crippen LogP contribution is -2.10. The van der Waals surface area contributed by atoms with E-state index in [0.717, 1.165) is 30.0 Å². The number of nitrogens with zero attached hydrogens (tertiary/aromatic N) is 1. The number of alkyl halides is 2. The van der Waals surface area contributed by atoms with Crippen LogP contribution in [0.15, 0.2) is 54.3 Å². The van der Waals surface area contributed by atoms with E-state index in [4.69, 9.17) is 0 Å². The summed E-state index contributed by atoms with van der Waals surface area (Å²) in [6, 6.07) is 3.03. The van der Waals surface area contributed by atoms with Crippen molar-refractivity contribution >= 4 is 11.6 Å². The molecule has 1 aromatic heterocycles. The first kappa shape index (κ1) is 40.7. The second-order valence-electron chi connectivity index (χ2n) is 9.06. The van der Waals surface area contributed by atoms with Gasteiger partial charge in [0.05, 0.1) is 6.20 Å². The van der Waals surface area contributed by atoms with Gasteiger partial charge in [0.25, 0.3) is 5.92 Å². The van der Waals surface area contributed by atoms with Gasteiger partial charge >= 0.3 is 0 Å². The molecule has 0 aromatic carbocycles. The summed E-state index contributed by atoms with van der Waals surface area (Å²) < 4.78 is 37.1. The molecule has 1 atom stereocenters. The molecule has 3 nitrogen and oxygen atoms in total. The Morgan fingerprint density at radius 2 is 1.47 bits per heavy atom. The van der Waals surface area contributed by atoms with Crippen LogP contribution in [0.25, 0.3) is 0 Å². The van der Waals surface area contributed by atoms with Crippen LogP contribution in [0.3, 0.4) is 0 Å². The monoisotopic (exact) mass is 513 g/mol. The largest absolute Gasteiger partial charge is 0.300 e. The minimum Gasteiger partial charge on any atom is -0.300 e. The number of carbonyl (C=O) groups excluding carboxylic acids is 2. The van der Waals surface area contributed by atoms with E-state index < -0.39 is 5.92 Å². The molecule has 36 heavy (non-hydrogen) atoms. The lowest BCUT2D eigenvalue weighted by molar-refractivity contribution is -0.117. The zero-order chi connectivity index (χ0) is 29.5. The van der Waals surface area contributed by atoms with E-state index in [9.17, 15) is 22.8 Å². The SMILES string of the molecule is C=C/C(C)=C\C=C(/C)C(C)(F)F.CC(C)=O.CCC(C)=O.CCC(C)C(C)C.Cc1ccc(F)cn1. The van der Waals surface area contributed by atoms with Crippen LogP contribution in [-0.2, 0) is 9.59 Å². The number of allylic oxidation sites excluding steroid dienone is 5. The maximum Gasteiger partial charge on any atom is 0.266 e. The second kappa shape index (κ2) is 24.2. The molecule has 0 N–H and O–H groups in total. The van der Waals surface area contributed by atoms with Crippen LogP contribution in [0, 0.1) is 24.6 Å². The summed E-state index contributed by atoms with van der Waals surface area (Å²) in [5, 5.41) is 0. The Bertz CT molecular complexity index is 749. The minimum absolute atomic E-state index is 0.0590. The van der Waals surface area contributed by atoms with Crippen molar-refractivity contribution in [2.45, 2.75) is 102 Å². The summed E-state index contributed by atoms with van der Waals surface area (Å²) >= 11 is 0. The number of hydrogen-bond donors (Lipinski definition) is 0. The quantitative estimate of drug-likeness (QED) is 0.356. The average molecular weight is 514 g/mol. The fourth-order valence-electron chi connectivity index (χ4n) is 1.39. The molecule has 0 radical (unpaired) electrons. The minimum atomic E-state index is -2.72. The van der Waals surface area contributed by atoms with E-state index in [0.29, 0.717) is 6.42 Å². The van der Waals surface area contributed by atoms with E-state index in [1.807, 2.05) is 20.8 Å². The van der Waals surface area contributed by atoms with Gasteiger partial charge in [-0.15, -0.1) is 0 Å². The summed E-state index contributed by atoms with van der Waals surface area (Å²) in [5.74, 6) is -0.816. The highest BCUT2D eigenvalue weighted by Gasteiger charge is 2.22. The van der Waals surface area contributed by atoms with E-state index in [1.165, 1.54) is 45.5 Å². The standard InChI is InChI=1S/C10H14F2.C7H16.C6H6FN.C4H8O.C3H6O/c1-5-8(2)6-7-9(3)10(4,11)12;1-5-7(4)6(2)3;1-5-2-3-6(7)4-8-5;1-3-4(2)5;1-3(2)4/h5-7H,1H2,2-4H3;6-7H,5H2,1-4H3;2-4H,1H3;3H2,1-2H3;1-2H3/b8-6-,9-7+;;;;. The van der Waals surface area contributed by atoms with Gasteiger partial charge in [-0.1, -0.05) is 71.4 Å². The number of Topliss-reactive ketones (excluding diaryl/α,β-unsaturated/α-hetero) is 2. The molecule has 1 aromatic rings. The Kier molecular flexibility index (Phi) is 27.3. The molecule has 0 bridgehead atoms. The third-order valence-electron chi connectivity index (χ3n) is 4.77. The molecular weight excluding hydrogens is 463 g/mol. The van der Waals surface area contributed by atoms with E-state index in [-0.39, 0.29) is 23.0 Å². The fourth-order valence-corrected chi connectivity index (χ4v) is 1.39. The van der Waals surface area contributed by atoms with Crippen molar-refractivity contribution in [1.82, 2.24) is 4.98 Å². The molecule has 1 heterocycles. The zero-order valence-electron chi connectivity index (χ0n) is 24.6. The molecule has 0 aliphatic rings. The van der Waals surface area contributed by atoms with Crippen molar-refractivity contribution in [2.75, 3.05) is 0 Å². The number of halogens is 3. The lowest BCUT2D eigenvalue weighted by Gasteiger charge is -2.10. The predicted octanol–water partition coefficient (Wildman–Crippen LogP) is 9.52. The Morgan fingerprint density at radius 1 is 1.03 bits per heavy atom. The van der Waals surface area contributed by atoms with E-state index >= 15 is 0 Å². The molecule has 0 saturated heterocycles. The van der Waals surface area contributed by atoms with Crippen molar-refractivity contribution in [3.8, 4) is 0 Å². The Hall–Kier alpha value is -2.50. The van der Waals surface area contributed by atoms with Crippen LogP contribution in [0.4, 0.5) is 13.2 Å². The molecule has 1 unspecified atom stereocenters. The van der Waals surface area contributed by atoms with Crippen molar-refractivity contribution in [3.63, 3.8) is 0 Å². The van der Waals surface area contributed by atoms with Gasteiger partial charge in [0.15, 0.2) is 0 Å². The maximum atomic E-state index is 12.5. The summed E-state index contributed by atoms with van der Waals surface area (Å²) in [4.78, 5) is 23.0. The molecule has 1 rings (SSSR count). The maximum absolute atomic E-state index is 12.5. The van der Waals surface area contributed by atoms with Gasteiger partial charge in [0.1, 0.15) is 17.4 Å². The molecule has 0 aliphatic carbocycles. The van der Waals surface area contributed by atoms with Gasteiger partial charge in [-0.3, -0.25) is 4.98 Å². The molecular formula is C30H50F3NO2. The molecule has 0 spiro atoms. The molecule has 208 valence electrons. The predicted molar refractivity (Wildman–Crippen MR) is 149 cm³/mol. The van der Waals surface area contributed by atoms with Gasteiger partial charge in [-0.2, -0.15) is 0 Å². The van der Waals surface area contributed by atoms with Gasteiger partial charge < -0.3 is 9.59 Å². The van der Waals surface area contributed by atoms with Crippen LogP contribution >= 0.6 is 0 Å². The molecule has 0 saturated carbocycles. The molecule has 6 heteroatoms. The number of aryl methyl sites for hydroxylation is 1. The first-order valence-electron chi connectivity index (χ1n) is 12.3. The van der Waals surface area contributed by atoms with E-state index in [2.05, 4.69) is 39.3 Å². The fraction of sp³-hybridized carbons (Fsp3) is 0.567. The molecule has 0 amide bonds. The van der Waals surface area contributed by atoms with Crippen LogP contribution in [-0.4, -0.2) is 22.5 Å².